The van der Waals surface area contributed by atoms with Crippen LogP contribution >= 0.6 is 0 Å². The maximum absolute atomic E-state index is 13.0. The van der Waals surface area contributed by atoms with Gasteiger partial charge in [0.15, 0.2) is 11.6 Å². The number of hydrogen-bond donors (Lipinski definition) is 2. The summed E-state index contributed by atoms with van der Waals surface area (Å²) in [6, 6.07) is 0.251. The molecule has 3 heterocycles. The Bertz CT molecular complexity index is 521. The van der Waals surface area contributed by atoms with Crippen LogP contribution < -0.4 is 10.6 Å². The minimum atomic E-state index is -0.631. The molecule has 0 spiro atoms. The molecule has 0 amide bonds. The van der Waals surface area contributed by atoms with Gasteiger partial charge in [-0.2, -0.15) is 0 Å². The van der Waals surface area contributed by atoms with Crippen molar-refractivity contribution in [1.82, 2.24) is 15.5 Å². The molecule has 142 valence electrons. The van der Waals surface area contributed by atoms with E-state index in [4.69, 9.17) is 0 Å². The van der Waals surface area contributed by atoms with Gasteiger partial charge in [-0.1, -0.05) is 26.0 Å². The highest BCUT2D eigenvalue weighted by atomic mass is 16.1. The van der Waals surface area contributed by atoms with Crippen LogP contribution in [0.3, 0.4) is 0 Å². The Labute approximate surface area is 152 Å². The first kappa shape index (κ1) is 20.3. The zero-order valence-corrected chi connectivity index (χ0v) is 16.5. The highest BCUT2D eigenvalue weighted by Crippen LogP contribution is 2.25. The van der Waals surface area contributed by atoms with Crippen molar-refractivity contribution in [3.8, 4) is 0 Å². The van der Waals surface area contributed by atoms with Crippen molar-refractivity contribution < 1.29 is 9.59 Å². The summed E-state index contributed by atoms with van der Waals surface area (Å²) >= 11 is 0. The summed E-state index contributed by atoms with van der Waals surface area (Å²) < 4.78 is 0. The SMILES string of the molecule is CC(C)NC12CN(CC=CCCC[C@](C)(C(=O)C(C)C)NCC1=O)C2. The minimum absolute atomic E-state index is 0.0410. The molecule has 0 aromatic rings. The topological polar surface area (TPSA) is 61.4 Å². The summed E-state index contributed by atoms with van der Waals surface area (Å²) in [5, 5.41) is 6.82. The van der Waals surface area contributed by atoms with Gasteiger partial charge >= 0.3 is 0 Å². The Morgan fingerprint density at radius 2 is 1.92 bits per heavy atom. The van der Waals surface area contributed by atoms with Crippen LogP contribution in [-0.2, 0) is 9.59 Å². The predicted octanol–water partition coefficient (Wildman–Crippen LogP) is 1.92. The molecule has 5 heteroatoms. The van der Waals surface area contributed by atoms with Gasteiger partial charge in [0, 0.05) is 31.6 Å². The first-order chi connectivity index (χ1) is 11.7. The van der Waals surface area contributed by atoms with Crippen LogP contribution in [0.4, 0.5) is 0 Å². The number of hydrogen-bond acceptors (Lipinski definition) is 5. The molecule has 2 bridgehead atoms. The number of carbonyl (C=O) groups excluding carboxylic acids is 2. The summed E-state index contributed by atoms with van der Waals surface area (Å²) in [5.41, 5.74) is -1.11. The lowest BCUT2D eigenvalue weighted by molar-refractivity contribution is -0.133. The van der Waals surface area contributed by atoms with Crippen molar-refractivity contribution >= 4 is 11.6 Å². The standard InChI is InChI=1S/C20H35N3O2/c1-15(2)18(25)19(5)10-8-6-7-9-11-23-13-20(14-23,22-16(3)4)17(24)12-21-19/h7,9,15-16,21-22H,6,8,10-14H2,1-5H3/t19-/m1/s1. The number of carbonyl (C=O) groups is 2. The second kappa shape index (κ2) is 8.11. The monoisotopic (exact) mass is 349 g/mol. The Hall–Kier alpha value is -1.04. The fourth-order valence-corrected chi connectivity index (χ4v) is 4.04. The van der Waals surface area contributed by atoms with E-state index in [1.54, 1.807) is 0 Å². The van der Waals surface area contributed by atoms with E-state index in [2.05, 4.69) is 41.5 Å². The van der Waals surface area contributed by atoms with Gasteiger partial charge in [0.05, 0.1) is 12.1 Å². The number of allylic oxidation sites excluding steroid dienone is 1. The number of ketones is 2. The quantitative estimate of drug-likeness (QED) is 0.760. The van der Waals surface area contributed by atoms with Crippen LogP contribution in [-0.4, -0.2) is 59.8 Å². The first-order valence-electron chi connectivity index (χ1n) is 9.66. The first-order valence-corrected chi connectivity index (χ1v) is 9.66. The number of nitrogens with one attached hydrogen (secondary N) is 2. The van der Waals surface area contributed by atoms with Crippen LogP contribution in [0.25, 0.3) is 0 Å². The predicted molar refractivity (Wildman–Crippen MR) is 102 cm³/mol. The van der Waals surface area contributed by atoms with E-state index in [1.165, 1.54) is 0 Å². The molecule has 3 rings (SSSR count). The van der Waals surface area contributed by atoms with Gasteiger partial charge in [0.2, 0.25) is 0 Å². The lowest BCUT2D eigenvalue weighted by Crippen LogP contribution is -2.75. The molecule has 1 atom stereocenters. The summed E-state index contributed by atoms with van der Waals surface area (Å²) in [7, 11) is 0. The molecule has 0 saturated carbocycles. The number of Topliss-reactive ketones (excluding diaryl/α,β-unsaturated/α-hetero) is 2. The van der Waals surface area contributed by atoms with Crippen molar-refractivity contribution in [3.63, 3.8) is 0 Å². The Kier molecular flexibility index (Phi) is 6.57. The van der Waals surface area contributed by atoms with E-state index in [9.17, 15) is 9.59 Å². The summed E-state index contributed by atoms with van der Waals surface area (Å²) in [6.45, 7) is 12.6. The zero-order chi connectivity index (χ0) is 18.7. The van der Waals surface area contributed by atoms with E-state index in [1.807, 2.05) is 20.8 Å². The third-order valence-corrected chi connectivity index (χ3v) is 5.37. The van der Waals surface area contributed by atoms with E-state index in [-0.39, 0.29) is 30.1 Å². The van der Waals surface area contributed by atoms with E-state index >= 15 is 0 Å². The molecule has 0 aromatic carbocycles. The van der Waals surface area contributed by atoms with Crippen LogP contribution in [0.15, 0.2) is 12.2 Å². The summed E-state index contributed by atoms with van der Waals surface area (Å²) in [4.78, 5) is 28.0. The maximum Gasteiger partial charge on any atom is 0.169 e. The second-order valence-corrected chi connectivity index (χ2v) is 8.54. The average molecular weight is 350 g/mol. The molecular formula is C20H35N3O2. The van der Waals surface area contributed by atoms with Gasteiger partial charge in [-0.3, -0.25) is 19.8 Å². The highest BCUT2D eigenvalue weighted by molar-refractivity contribution is 5.94. The van der Waals surface area contributed by atoms with Crippen molar-refractivity contribution in [2.24, 2.45) is 5.92 Å². The normalized spacial score (nSPS) is 34.2. The van der Waals surface area contributed by atoms with Gasteiger partial charge in [0.1, 0.15) is 5.54 Å². The average Bonchev–Trinajstić information content (AvgIpc) is 2.52. The smallest absolute Gasteiger partial charge is 0.169 e. The lowest BCUT2D eigenvalue weighted by Gasteiger charge is -2.50. The Balaban J connectivity index is 2.19. The highest BCUT2D eigenvalue weighted by Gasteiger charge is 2.49. The third-order valence-electron chi connectivity index (χ3n) is 5.37. The molecule has 1 fully saturated rings. The lowest BCUT2D eigenvalue weighted by atomic mass is 9.82. The van der Waals surface area contributed by atoms with Crippen molar-refractivity contribution in [2.45, 2.75) is 71.0 Å². The molecule has 0 unspecified atom stereocenters. The fourth-order valence-electron chi connectivity index (χ4n) is 4.04. The number of nitrogens with zero attached hydrogens (tertiary/aromatic N) is 1. The van der Waals surface area contributed by atoms with Crippen LogP contribution in [0, 0.1) is 5.92 Å². The second-order valence-electron chi connectivity index (χ2n) is 8.54. The van der Waals surface area contributed by atoms with Gasteiger partial charge < -0.3 is 5.32 Å². The summed E-state index contributed by atoms with van der Waals surface area (Å²) in [5.74, 6) is 0.324. The van der Waals surface area contributed by atoms with E-state index in [0.717, 1.165) is 38.9 Å². The number of fused-ring (bicyclic) bond motifs is 8. The maximum atomic E-state index is 13.0. The molecular weight excluding hydrogens is 314 g/mol. The molecule has 1 saturated heterocycles. The van der Waals surface area contributed by atoms with Crippen LogP contribution in [0.2, 0.25) is 0 Å². The van der Waals surface area contributed by atoms with Crippen molar-refractivity contribution in [1.29, 1.82) is 0 Å². The Morgan fingerprint density at radius 1 is 1.24 bits per heavy atom. The Morgan fingerprint density at radius 3 is 2.52 bits per heavy atom. The molecule has 0 aliphatic carbocycles. The third kappa shape index (κ3) is 4.78. The summed E-state index contributed by atoms with van der Waals surface area (Å²) in [6.07, 6.45) is 7.07. The molecule has 3 aliphatic heterocycles. The van der Waals surface area contributed by atoms with Crippen molar-refractivity contribution in [2.75, 3.05) is 26.2 Å². The van der Waals surface area contributed by atoms with Gasteiger partial charge in [-0.05, 0) is 40.0 Å². The largest absolute Gasteiger partial charge is 0.301 e. The van der Waals surface area contributed by atoms with Gasteiger partial charge in [-0.15, -0.1) is 0 Å². The molecule has 0 aromatic heterocycles. The van der Waals surface area contributed by atoms with E-state index in [0.29, 0.717) is 0 Å². The fraction of sp³-hybridized carbons (Fsp3) is 0.800. The molecule has 25 heavy (non-hydrogen) atoms. The van der Waals surface area contributed by atoms with Crippen LogP contribution in [0.5, 0.6) is 0 Å². The minimum Gasteiger partial charge on any atom is -0.301 e. The molecule has 2 N–H and O–H groups in total. The van der Waals surface area contributed by atoms with Gasteiger partial charge in [-0.25, -0.2) is 0 Å². The molecule has 3 aliphatic rings. The molecule has 0 radical (unpaired) electrons. The van der Waals surface area contributed by atoms with Crippen molar-refractivity contribution in [3.05, 3.63) is 12.2 Å². The zero-order valence-electron chi connectivity index (χ0n) is 16.5. The van der Waals surface area contributed by atoms with Crippen LogP contribution in [0.1, 0.15) is 53.9 Å². The number of rotatable bonds is 4. The van der Waals surface area contributed by atoms with E-state index < -0.39 is 11.1 Å². The van der Waals surface area contributed by atoms with Gasteiger partial charge in [0.25, 0.3) is 0 Å². The molecule has 5 nitrogen and oxygen atoms in total.